The number of carboxylic acids is 1. The Morgan fingerprint density at radius 3 is 2.21 bits per heavy atom. The minimum Gasteiger partial charge on any atom is -0.480 e. The third-order valence-corrected chi connectivity index (χ3v) is 6.05. The molecule has 0 spiro atoms. The van der Waals surface area contributed by atoms with E-state index in [-0.39, 0.29) is 25.7 Å². The van der Waals surface area contributed by atoms with E-state index in [0.717, 1.165) is 10.9 Å². The van der Waals surface area contributed by atoms with Gasteiger partial charge in [0.05, 0.1) is 12.4 Å². The minimum absolute atomic E-state index is 0.00175. The summed E-state index contributed by atoms with van der Waals surface area (Å²) in [5, 5.41) is 18.0. The van der Waals surface area contributed by atoms with Crippen LogP contribution in [-0.4, -0.2) is 73.8 Å². The molecule has 39 heavy (non-hydrogen) atoms. The van der Waals surface area contributed by atoms with E-state index in [1.54, 1.807) is 6.20 Å². The zero-order valence-electron chi connectivity index (χ0n) is 21.3. The SMILES string of the molecule is CC(N)C(=O)NC(Cc1cnc[nH]1)C(=O)NC(Cc1c[nH]c2ccccc12)C(=O)NC(CCC(N)=O)C(=O)O. The second kappa shape index (κ2) is 13.2. The number of imidazole rings is 1. The molecule has 4 atom stereocenters. The molecule has 10 N–H and O–H groups in total. The topological polar surface area (TPSA) is 238 Å². The van der Waals surface area contributed by atoms with Gasteiger partial charge in [-0.2, -0.15) is 0 Å². The van der Waals surface area contributed by atoms with E-state index >= 15 is 0 Å². The molecule has 0 saturated heterocycles. The number of nitrogens with two attached hydrogens (primary N) is 2. The molecular weight excluding hydrogens is 508 g/mol. The van der Waals surface area contributed by atoms with Crippen molar-refractivity contribution in [1.82, 2.24) is 30.9 Å². The second-order valence-electron chi connectivity index (χ2n) is 9.16. The Morgan fingerprint density at radius 2 is 1.59 bits per heavy atom. The first-order valence-corrected chi connectivity index (χ1v) is 12.2. The Hall–Kier alpha value is -4.72. The van der Waals surface area contributed by atoms with Crippen LogP contribution in [0.1, 0.15) is 31.0 Å². The minimum atomic E-state index is -1.41. The van der Waals surface area contributed by atoms with Gasteiger partial charge in [0.15, 0.2) is 0 Å². The van der Waals surface area contributed by atoms with E-state index in [9.17, 15) is 29.1 Å². The van der Waals surface area contributed by atoms with Crippen LogP contribution in [0.5, 0.6) is 0 Å². The number of hydrogen-bond acceptors (Lipinski definition) is 7. The molecule has 3 aromatic rings. The Morgan fingerprint density at radius 1 is 0.949 bits per heavy atom. The average molecular weight is 541 g/mol. The first-order chi connectivity index (χ1) is 18.5. The Labute approximate surface area is 223 Å². The molecule has 2 aromatic heterocycles. The van der Waals surface area contributed by atoms with Crippen molar-refractivity contribution in [3.05, 3.63) is 54.2 Å². The maximum atomic E-state index is 13.4. The number of para-hydroxylation sites is 1. The maximum Gasteiger partial charge on any atom is 0.326 e. The van der Waals surface area contributed by atoms with E-state index in [0.29, 0.717) is 11.3 Å². The van der Waals surface area contributed by atoms with E-state index in [2.05, 4.69) is 30.9 Å². The summed E-state index contributed by atoms with van der Waals surface area (Å²) in [6.07, 6.45) is 4.15. The fourth-order valence-electron chi connectivity index (χ4n) is 3.95. The van der Waals surface area contributed by atoms with Crippen molar-refractivity contribution >= 4 is 40.5 Å². The van der Waals surface area contributed by atoms with Crippen molar-refractivity contribution in [3.63, 3.8) is 0 Å². The van der Waals surface area contributed by atoms with Gasteiger partial charge in [-0.25, -0.2) is 9.78 Å². The number of aromatic nitrogens is 3. The van der Waals surface area contributed by atoms with Crippen LogP contribution in [0.15, 0.2) is 43.0 Å². The quantitative estimate of drug-likeness (QED) is 0.124. The fourth-order valence-corrected chi connectivity index (χ4v) is 3.95. The summed E-state index contributed by atoms with van der Waals surface area (Å²) in [6, 6.07) is 2.69. The molecule has 0 aliphatic rings. The predicted molar refractivity (Wildman–Crippen MR) is 140 cm³/mol. The second-order valence-corrected chi connectivity index (χ2v) is 9.16. The van der Waals surface area contributed by atoms with Gasteiger partial charge in [-0.05, 0) is 25.0 Å². The highest BCUT2D eigenvalue weighted by molar-refractivity contribution is 5.95. The first-order valence-electron chi connectivity index (χ1n) is 12.2. The van der Waals surface area contributed by atoms with Crippen molar-refractivity contribution in [3.8, 4) is 0 Å². The molecular formula is C25H32N8O6. The summed E-state index contributed by atoms with van der Waals surface area (Å²) in [6.45, 7) is 1.46. The van der Waals surface area contributed by atoms with E-state index < -0.39 is 53.8 Å². The van der Waals surface area contributed by atoms with Crippen LogP contribution in [0, 0.1) is 0 Å². The zero-order valence-corrected chi connectivity index (χ0v) is 21.3. The number of fused-ring (bicyclic) bond motifs is 1. The summed E-state index contributed by atoms with van der Waals surface area (Å²) < 4.78 is 0. The van der Waals surface area contributed by atoms with Crippen LogP contribution in [0.25, 0.3) is 10.9 Å². The third-order valence-electron chi connectivity index (χ3n) is 6.05. The average Bonchev–Trinajstić information content (AvgIpc) is 3.55. The van der Waals surface area contributed by atoms with E-state index in [1.165, 1.54) is 19.4 Å². The lowest BCUT2D eigenvalue weighted by molar-refractivity contribution is -0.142. The number of carbonyl (C=O) groups is 5. The predicted octanol–water partition coefficient (Wildman–Crippen LogP) is -1.17. The Balaban J connectivity index is 1.87. The molecule has 0 saturated carbocycles. The van der Waals surface area contributed by atoms with Crippen LogP contribution in [0.2, 0.25) is 0 Å². The molecule has 0 radical (unpaired) electrons. The number of aromatic amines is 2. The van der Waals surface area contributed by atoms with Crippen LogP contribution in [0.4, 0.5) is 0 Å². The monoisotopic (exact) mass is 540 g/mol. The Bertz CT molecular complexity index is 1320. The molecule has 1 aromatic carbocycles. The zero-order chi connectivity index (χ0) is 28.5. The molecule has 208 valence electrons. The maximum absolute atomic E-state index is 13.4. The van der Waals surface area contributed by atoms with Gasteiger partial charge in [0.2, 0.25) is 23.6 Å². The van der Waals surface area contributed by atoms with Gasteiger partial charge < -0.3 is 42.5 Å². The van der Waals surface area contributed by atoms with Gasteiger partial charge in [0.25, 0.3) is 0 Å². The standard InChI is InChI=1S/C25H32N8O6/c1-13(26)22(35)32-20(9-15-11-28-12-30-15)24(37)33-19(8-14-10-29-17-5-3-2-4-16(14)17)23(36)31-18(25(38)39)6-7-21(27)34/h2-5,10-13,18-20,29H,6-9,26H2,1H3,(H2,27,34)(H,28,30)(H,31,36)(H,32,35)(H,33,37)(H,38,39). The number of hydrogen-bond donors (Lipinski definition) is 8. The number of carboxylic acid groups (broad SMARTS) is 1. The summed E-state index contributed by atoms with van der Waals surface area (Å²) in [7, 11) is 0. The lowest BCUT2D eigenvalue weighted by Crippen LogP contribution is -2.58. The van der Waals surface area contributed by atoms with E-state index in [4.69, 9.17) is 11.5 Å². The number of nitrogens with one attached hydrogen (secondary N) is 5. The van der Waals surface area contributed by atoms with E-state index in [1.807, 2.05) is 24.3 Å². The number of primary amides is 1. The van der Waals surface area contributed by atoms with Gasteiger partial charge in [-0.1, -0.05) is 18.2 Å². The molecule has 3 rings (SSSR count). The molecule has 0 bridgehead atoms. The van der Waals surface area contributed by atoms with Crippen LogP contribution in [-0.2, 0) is 36.8 Å². The molecule has 4 unspecified atom stereocenters. The Kier molecular flexibility index (Phi) is 9.75. The number of aliphatic carboxylic acids is 1. The highest BCUT2D eigenvalue weighted by atomic mass is 16.4. The number of benzene rings is 1. The molecule has 0 fully saturated rings. The molecule has 0 aliphatic heterocycles. The largest absolute Gasteiger partial charge is 0.480 e. The van der Waals surface area contributed by atoms with Gasteiger partial charge in [0.1, 0.15) is 18.1 Å². The van der Waals surface area contributed by atoms with Crippen molar-refractivity contribution in [2.24, 2.45) is 11.5 Å². The lowest BCUT2D eigenvalue weighted by Gasteiger charge is -2.25. The van der Waals surface area contributed by atoms with Crippen molar-refractivity contribution in [1.29, 1.82) is 0 Å². The summed E-state index contributed by atoms with van der Waals surface area (Å²) in [5.41, 5.74) is 12.9. The first kappa shape index (κ1) is 28.8. The third kappa shape index (κ3) is 8.13. The van der Waals surface area contributed by atoms with Crippen molar-refractivity contribution in [2.45, 2.75) is 56.8 Å². The highest BCUT2D eigenvalue weighted by Gasteiger charge is 2.31. The van der Waals surface area contributed by atoms with Gasteiger partial charge in [-0.3, -0.25) is 19.2 Å². The molecule has 14 nitrogen and oxygen atoms in total. The van der Waals surface area contributed by atoms with Crippen molar-refractivity contribution in [2.75, 3.05) is 0 Å². The van der Waals surface area contributed by atoms with Crippen molar-refractivity contribution < 1.29 is 29.1 Å². The molecule has 0 aliphatic carbocycles. The molecule has 14 heteroatoms. The lowest BCUT2D eigenvalue weighted by atomic mass is 10.0. The number of rotatable bonds is 14. The highest BCUT2D eigenvalue weighted by Crippen LogP contribution is 2.19. The van der Waals surface area contributed by atoms with Crippen LogP contribution < -0.4 is 27.4 Å². The molecule has 2 heterocycles. The van der Waals surface area contributed by atoms with Gasteiger partial charge >= 0.3 is 5.97 Å². The number of H-pyrrole nitrogens is 2. The normalized spacial score (nSPS) is 14.1. The van der Waals surface area contributed by atoms with Crippen LogP contribution >= 0.6 is 0 Å². The molecule has 4 amide bonds. The fraction of sp³-hybridized carbons (Fsp3) is 0.360. The summed E-state index contributed by atoms with van der Waals surface area (Å²) >= 11 is 0. The smallest absolute Gasteiger partial charge is 0.326 e. The summed E-state index contributed by atoms with van der Waals surface area (Å²) in [4.78, 5) is 71.8. The number of amides is 4. The summed E-state index contributed by atoms with van der Waals surface area (Å²) in [5.74, 6) is -4.13. The van der Waals surface area contributed by atoms with Gasteiger partial charge in [-0.15, -0.1) is 0 Å². The van der Waals surface area contributed by atoms with Gasteiger partial charge in [0, 0.05) is 48.3 Å². The van der Waals surface area contributed by atoms with Crippen LogP contribution in [0.3, 0.4) is 0 Å². The number of nitrogens with zero attached hydrogens (tertiary/aromatic N) is 1. The number of carbonyl (C=O) groups excluding carboxylic acids is 4.